The Balaban J connectivity index is 1.81. The van der Waals surface area contributed by atoms with Gasteiger partial charge in [-0.3, -0.25) is 0 Å². The van der Waals surface area contributed by atoms with Crippen molar-refractivity contribution in [3.05, 3.63) is 65.2 Å². The van der Waals surface area contributed by atoms with Crippen molar-refractivity contribution in [2.45, 2.75) is 13.8 Å². The van der Waals surface area contributed by atoms with E-state index in [1.165, 1.54) is 6.08 Å². The summed E-state index contributed by atoms with van der Waals surface area (Å²) >= 11 is 0. The van der Waals surface area contributed by atoms with Crippen LogP contribution in [0.1, 0.15) is 16.7 Å². The first-order chi connectivity index (χ1) is 11.1. The Bertz CT molecular complexity index is 667. The van der Waals surface area contributed by atoms with E-state index in [1.54, 1.807) is 24.3 Å². The van der Waals surface area contributed by atoms with E-state index in [0.717, 1.165) is 34.3 Å². The molecule has 0 spiro atoms. The van der Waals surface area contributed by atoms with E-state index < -0.39 is 5.97 Å². The van der Waals surface area contributed by atoms with E-state index in [9.17, 15) is 4.79 Å². The highest BCUT2D eigenvalue weighted by Crippen LogP contribution is 2.22. The summed E-state index contributed by atoms with van der Waals surface area (Å²) in [5.74, 6) is 0.668. The highest BCUT2D eigenvalue weighted by atomic mass is 16.5. The van der Waals surface area contributed by atoms with Gasteiger partial charge < -0.3 is 14.6 Å². The number of carbonyl (C=O) groups is 1. The van der Waals surface area contributed by atoms with Gasteiger partial charge in [0, 0.05) is 6.08 Å². The third-order valence-corrected chi connectivity index (χ3v) is 3.31. The average Bonchev–Trinajstić information content (AvgIpc) is 2.53. The van der Waals surface area contributed by atoms with Gasteiger partial charge in [0.05, 0.1) is 0 Å². The number of ether oxygens (including phenoxy) is 2. The molecule has 4 nitrogen and oxygen atoms in total. The highest BCUT2D eigenvalue weighted by molar-refractivity contribution is 5.85. The number of hydrogen-bond donors (Lipinski definition) is 1. The van der Waals surface area contributed by atoms with Crippen LogP contribution in [-0.4, -0.2) is 24.3 Å². The summed E-state index contributed by atoms with van der Waals surface area (Å²) in [5.41, 5.74) is 3.03. The van der Waals surface area contributed by atoms with E-state index >= 15 is 0 Å². The summed E-state index contributed by atoms with van der Waals surface area (Å²) < 4.78 is 11.4. The molecule has 0 saturated carbocycles. The van der Waals surface area contributed by atoms with Crippen molar-refractivity contribution in [3.63, 3.8) is 0 Å². The molecule has 0 aliphatic carbocycles. The molecule has 4 heteroatoms. The average molecular weight is 312 g/mol. The van der Waals surface area contributed by atoms with Gasteiger partial charge in [-0.15, -0.1) is 0 Å². The zero-order valence-electron chi connectivity index (χ0n) is 13.3. The van der Waals surface area contributed by atoms with Gasteiger partial charge in [0.25, 0.3) is 0 Å². The summed E-state index contributed by atoms with van der Waals surface area (Å²) in [4.78, 5) is 10.5. The molecule has 23 heavy (non-hydrogen) atoms. The second-order valence-electron chi connectivity index (χ2n) is 5.16. The topological polar surface area (TPSA) is 55.8 Å². The Labute approximate surface area is 136 Å². The summed E-state index contributed by atoms with van der Waals surface area (Å²) in [6.07, 6.45) is 2.64. The molecule has 0 aliphatic rings. The first-order valence-corrected chi connectivity index (χ1v) is 7.39. The van der Waals surface area contributed by atoms with Crippen molar-refractivity contribution in [1.29, 1.82) is 0 Å². The van der Waals surface area contributed by atoms with Gasteiger partial charge in [-0.2, -0.15) is 0 Å². The van der Waals surface area contributed by atoms with Gasteiger partial charge in [0.15, 0.2) is 0 Å². The van der Waals surface area contributed by atoms with E-state index in [4.69, 9.17) is 14.6 Å². The molecule has 0 bridgehead atoms. The fraction of sp³-hybridized carbons (Fsp3) is 0.211. The molecule has 1 N–H and O–H groups in total. The molecule has 0 aromatic heterocycles. The van der Waals surface area contributed by atoms with Crippen LogP contribution in [0.15, 0.2) is 48.5 Å². The quantitative estimate of drug-likeness (QED) is 0.623. The van der Waals surface area contributed by atoms with E-state index in [0.29, 0.717) is 13.2 Å². The lowest BCUT2D eigenvalue weighted by Crippen LogP contribution is -2.10. The molecule has 0 heterocycles. The third kappa shape index (κ3) is 5.18. The number of carboxylic acids is 1. The number of benzene rings is 2. The third-order valence-electron chi connectivity index (χ3n) is 3.31. The Hall–Kier alpha value is -2.75. The SMILES string of the molecule is Cc1cccc(C)c1OCCOc1ccc(C=CC(=O)O)cc1. The lowest BCUT2D eigenvalue weighted by Gasteiger charge is -2.12. The van der Waals surface area contributed by atoms with Gasteiger partial charge in [0.1, 0.15) is 24.7 Å². The van der Waals surface area contributed by atoms with Gasteiger partial charge >= 0.3 is 5.97 Å². The van der Waals surface area contributed by atoms with E-state index in [1.807, 2.05) is 32.0 Å². The maximum absolute atomic E-state index is 10.5. The zero-order chi connectivity index (χ0) is 16.7. The molecule has 2 rings (SSSR count). The van der Waals surface area contributed by atoms with Crippen molar-refractivity contribution in [1.82, 2.24) is 0 Å². The second-order valence-corrected chi connectivity index (χ2v) is 5.16. The number of carboxylic acid groups (broad SMARTS) is 1. The van der Waals surface area contributed by atoms with Crippen LogP contribution in [0.2, 0.25) is 0 Å². The molecule has 0 fully saturated rings. The standard InChI is InChI=1S/C19H20O4/c1-14-4-3-5-15(2)19(14)23-13-12-22-17-9-6-16(7-10-17)8-11-18(20)21/h3-11H,12-13H2,1-2H3,(H,20,21). The summed E-state index contributed by atoms with van der Waals surface area (Å²) in [6.45, 7) is 4.95. The molecule has 0 unspecified atom stereocenters. The molecule has 0 amide bonds. The second kappa shape index (κ2) is 8.03. The van der Waals surface area contributed by atoms with Crippen LogP contribution in [0, 0.1) is 13.8 Å². The van der Waals surface area contributed by atoms with E-state index in [2.05, 4.69) is 0 Å². The van der Waals surface area contributed by atoms with Crippen molar-refractivity contribution in [3.8, 4) is 11.5 Å². The van der Waals surface area contributed by atoms with Crippen LogP contribution >= 0.6 is 0 Å². The first kappa shape index (κ1) is 16.6. The highest BCUT2D eigenvalue weighted by Gasteiger charge is 2.03. The Morgan fingerprint density at radius 2 is 1.61 bits per heavy atom. The van der Waals surface area contributed by atoms with Crippen LogP contribution < -0.4 is 9.47 Å². The number of para-hydroxylation sites is 1. The van der Waals surface area contributed by atoms with Crippen LogP contribution in [0.4, 0.5) is 0 Å². The zero-order valence-corrected chi connectivity index (χ0v) is 13.3. The largest absolute Gasteiger partial charge is 0.490 e. The minimum Gasteiger partial charge on any atom is -0.490 e. The molecule has 0 aliphatic heterocycles. The monoisotopic (exact) mass is 312 g/mol. The van der Waals surface area contributed by atoms with Crippen LogP contribution in [-0.2, 0) is 4.79 Å². The van der Waals surface area contributed by atoms with Crippen LogP contribution in [0.25, 0.3) is 6.08 Å². The predicted molar refractivity (Wildman–Crippen MR) is 90.0 cm³/mol. The number of aryl methyl sites for hydroxylation is 2. The number of aliphatic carboxylic acids is 1. The molecule has 0 radical (unpaired) electrons. The molecule has 2 aromatic rings. The Morgan fingerprint density at radius 1 is 1.00 bits per heavy atom. The van der Waals surface area contributed by atoms with Crippen molar-refractivity contribution < 1.29 is 19.4 Å². The summed E-state index contributed by atoms with van der Waals surface area (Å²) in [6, 6.07) is 13.3. The van der Waals surface area contributed by atoms with Gasteiger partial charge in [0.2, 0.25) is 0 Å². The van der Waals surface area contributed by atoms with Crippen LogP contribution in [0.3, 0.4) is 0 Å². The Morgan fingerprint density at radius 3 is 2.22 bits per heavy atom. The van der Waals surface area contributed by atoms with Crippen molar-refractivity contribution >= 4 is 12.0 Å². The lowest BCUT2D eigenvalue weighted by atomic mass is 10.1. The fourth-order valence-electron chi connectivity index (χ4n) is 2.17. The molecular formula is C19H20O4. The van der Waals surface area contributed by atoms with Crippen LogP contribution in [0.5, 0.6) is 11.5 Å². The van der Waals surface area contributed by atoms with Gasteiger partial charge in [-0.05, 0) is 48.7 Å². The predicted octanol–water partition coefficient (Wildman–Crippen LogP) is 3.86. The van der Waals surface area contributed by atoms with Gasteiger partial charge in [-0.25, -0.2) is 4.79 Å². The van der Waals surface area contributed by atoms with E-state index in [-0.39, 0.29) is 0 Å². The molecular weight excluding hydrogens is 292 g/mol. The fourth-order valence-corrected chi connectivity index (χ4v) is 2.17. The molecule has 120 valence electrons. The van der Waals surface area contributed by atoms with Crippen molar-refractivity contribution in [2.24, 2.45) is 0 Å². The lowest BCUT2D eigenvalue weighted by molar-refractivity contribution is -0.131. The minimum absolute atomic E-state index is 0.443. The van der Waals surface area contributed by atoms with Gasteiger partial charge in [-0.1, -0.05) is 30.3 Å². The summed E-state index contributed by atoms with van der Waals surface area (Å²) in [7, 11) is 0. The normalized spacial score (nSPS) is 10.7. The molecule has 0 atom stereocenters. The molecule has 0 saturated heterocycles. The number of hydrogen-bond acceptors (Lipinski definition) is 3. The number of rotatable bonds is 7. The summed E-state index contributed by atoms with van der Waals surface area (Å²) in [5, 5.41) is 8.58. The smallest absolute Gasteiger partial charge is 0.328 e. The minimum atomic E-state index is -0.964. The first-order valence-electron chi connectivity index (χ1n) is 7.39. The Kier molecular flexibility index (Phi) is 5.80. The maximum atomic E-state index is 10.5. The maximum Gasteiger partial charge on any atom is 0.328 e. The molecule has 2 aromatic carbocycles. The van der Waals surface area contributed by atoms with Crippen molar-refractivity contribution in [2.75, 3.05) is 13.2 Å².